The molecule has 1 saturated heterocycles. The van der Waals surface area contributed by atoms with Gasteiger partial charge in [0.1, 0.15) is 19.0 Å². The molecule has 0 bridgehead atoms. The van der Waals surface area contributed by atoms with E-state index in [2.05, 4.69) is 27.2 Å². The number of aromatic nitrogens is 2. The summed E-state index contributed by atoms with van der Waals surface area (Å²) < 4.78 is 11.0. The molecular weight excluding hydrogens is 268 g/mol. The van der Waals surface area contributed by atoms with Crippen LogP contribution in [0.1, 0.15) is 32.0 Å². The molecule has 1 unspecified atom stereocenters. The van der Waals surface area contributed by atoms with E-state index in [1.54, 1.807) is 7.11 Å². The van der Waals surface area contributed by atoms with Crippen molar-refractivity contribution in [1.29, 1.82) is 0 Å². The smallest absolute Gasteiger partial charge is 0.218 e. The van der Waals surface area contributed by atoms with E-state index in [0.717, 1.165) is 18.9 Å². The van der Waals surface area contributed by atoms with Gasteiger partial charge >= 0.3 is 0 Å². The van der Waals surface area contributed by atoms with Crippen LogP contribution in [0, 0.1) is 0 Å². The van der Waals surface area contributed by atoms with Gasteiger partial charge in [0.2, 0.25) is 5.88 Å². The minimum absolute atomic E-state index is 0.388. The summed E-state index contributed by atoms with van der Waals surface area (Å²) in [5, 5.41) is 3.20. The second-order valence-corrected chi connectivity index (χ2v) is 5.41. The van der Waals surface area contributed by atoms with Crippen LogP contribution in [0.4, 0.5) is 5.82 Å². The Hall–Kier alpha value is -1.40. The summed E-state index contributed by atoms with van der Waals surface area (Å²) in [5.74, 6) is 2.04. The molecule has 0 amide bonds. The SMILES string of the molecule is CCNc1cc(OCC2CCCCN2C)nc(COC)n1. The van der Waals surface area contributed by atoms with Crippen molar-refractivity contribution in [1.82, 2.24) is 14.9 Å². The molecule has 1 atom stereocenters. The van der Waals surface area contributed by atoms with E-state index >= 15 is 0 Å². The van der Waals surface area contributed by atoms with E-state index in [-0.39, 0.29) is 0 Å². The number of nitrogens with zero attached hydrogens (tertiary/aromatic N) is 3. The summed E-state index contributed by atoms with van der Waals surface area (Å²) in [7, 11) is 3.80. The highest BCUT2D eigenvalue weighted by Crippen LogP contribution is 2.18. The van der Waals surface area contributed by atoms with Crippen molar-refractivity contribution >= 4 is 5.82 Å². The lowest BCUT2D eigenvalue weighted by Gasteiger charge is -2.32. The van der Waals surface area contributed by atoms with Crippen LogP contribution >= 0.6 is 0 Å². The Morgan fingerprint density at radius 2 is 2.24 bits per heavy atom. The fourth-order valence-electron chi connectivity index (χ4n) is 2.55. The standard InChI is InChI=1S/C15H26N4O2/c1-4-16-13-9-15(18-14(17-13)11-20-3)21-10-12-7-5-6-8-19(12)2/h9,12H,4-8,10-11H2,1-3H3,(H,16,17,18). The Bertz CT molecular complexity index is 417. The van der Waals surface area contributed by atoms with Gasteiger partial charge in [0.05, 0.1) is 0 Å². The third kappa shape index (κ3) is 4.82. The average molecular weight is 294 g/mol. The molecule has 0 radical (unpaired) electrons. The zero-order valence-electron chi connectivity index (χ0n) is 13.3. The fraction of sp³-hybridized carbons (Fsp3) is 0.733. The number of piperidine rings is 1. The normalized spacial score (nSPS) is 19.5. The molecule has 21 heavy (non-hydrogen) atoms. The molecule has 1 aliphatic rings. The van der Waals surface area contributed by atoms with Crippen molar-refractivity contribution in [3.05, 3.63) is 11.9 Å². The monoisotopic (exact) mass is 294 g/mol. The van der Waals surface area contributed by atoms with Gasteiger partial charge < -0.3 is 19.7 Å². The van der Waals surface area contributed by atoms with Crippen molar-refractivity contribution in [3.63, 3.8) is 0 Å². The zero-order valence-corrected chi connectivity index (χ0v) is 13.3. The molecule has 0 aliphatic carbocycles. The molecular formula is C15H26N4O2. The molecule has 6 nitrogen and oxygen atoms in total. The third-order valence-corrected chi connectivity index (χ3v) is 3.73. The quantitative estimate of drug-likeness (QED) is 0.829. The Labute approximate surface area is 126 Å². The Morgan fingerprint density at radius 3 is 2.95 bits per heavy atom. The van der Waals surface area contributed by atoms with E-state index in [9.17, 15) is 0 Å². The Kier molecular flexibility index (Phi) is 6.20. The first-order valence-electron chi connectivity index (χ1n) is 7.66. The summed E-state index contributed by atoms with van der Waals surface area (Å²) in [6.45, 7) is 5.06. The van der Waals surface area contributed by atoms with Crippen LogP contribution in [0.15, 0.2) is 6.07 Å². The molecule has 1 aromatic heterocycles. The summed E-state index contributed by atoms with van der Waals surface area (Å²) >= 11 is 0. The first-order chi connectivity index (χ1) is 10.2. The second kappa shape index (κ2) is 8.14. The van der Waals surface area contributed by atoms with Gasteiger partial charge in [0.15, 0.2) is 5.82 Å². The largest absolute Gasteiger partial charge is 0.476 e. The molecule has 0 saturated carbocycles. The van der Waals surface area contributed by atoms with E-state index in [0.29, 0.717) is 31.0 Å². The van der Waals surface area contributed by atoms with Gasteiger partial charge in [0, 0.05) is 25.8 Å². The molecule has 6 heteroatoms. The molecule has 1 aliphatic heterocycles. The molecule has 1 fully saturated rings. The predicted molar refractivity (Wildman–Crippen MR) is 82.7 cm³/mol. The van der Waals surface area contributed by atoms with Crippen molar-refractivity contribution in [2.24, 2.45) is 0 Å². The van der Waals surface area contributed by atoms with Crippen LogP contribution < -0.4 is 10.1 Å². The van der Waals surface area contributed by atoms with E-state index in [1.807, 2.05) is 13.0 Å². The maximum atomic E-state index is 5.90. The molecule has 2 rings (SSSR count). The topological polar surface area (TPSA) is 59.5 Å². The van der Waals surface area contributed by atoms with Crippen molar-refractivity contribution in [2.45, 2.75) is 38.8 Å². The van der Waals surface area contributed by atoms with Gasteiger partial charge in [-0.25, -0.2) is 4.98 Å². The van der Waals surface area contributed by atoms with Crippen molar-refractivity contribution < 1.29 is 9.47 Å². The lowest BCUT2D eigenvalue weighted by atomic mass is 10.0. The highest BCUT2D eigenvalue weighted by Gasteiger charge is 2.19. The van der Waals surface area contributed by atoms with E-state index < -0.39 is 0 Å². The first-order valence-corrected chi connectivity index (χ1v) is 7.66. The van der Waals surface area contributed by atoms with Gasteiger partial charge in [-0.2, -0.15) is 4.98 Å². The van der Waals surface area contributed by atoms with E-state index in [4.69, 9.17) is 9.47 Å². The number of ether oxygens (including phenoxy) is 2. The summed E-state index contributed by atoms with van der Waals surface area (Å²) in [4.78, 5) is 11.1. The maximum Gasteiger partial charge on any atom is 0.218 e. The first kappa shape index (κ1) is 16.0. The van der Waals surface area contributed by atoms with E-state index in [1.165, 1.54) is 19.3 Å². The zero-order chi connectivity index (χ0) is 15.1. The molecule has 2 heterocycles. The number of methoxy groups -OCH3 is 1. The number of likely N-dealkylation sites (tertiary alicyclic amines) is 1. The van der Waals surface area contributed by atoms with Gasteiger partial charge in [0.25, 0.3) is 0 Å². The second-order valence-electron chi connectivity index (χ2n) is 5.41. The van der Waals surface area contributed by atoms with Crippen LogP contribution in [-0.4, -0.2) is 54.8 Å². The maximum absolute atomic E-state index is 5.90. The van der Waals surface area contributed by atoms with Crippen LogP contribution in [0.5, 0.6) is 5.88 Å². The van der Waals surface area contributed by atoms with Crippen LogP contribution in [0.25, 0.3) is 0 Å². The van der Waals surface area contributed by atoms with Crippen LogP contribution in [-0.2, 0) is 11.3 Å². The summed E-state index contributed by atoms with van der Waals surface area (Å²) in [6, 6.07) is 2.33. The van der Waals surface area contributed by atoms with Crippen molar-refractivity contribution in [3.8, 4) is 5.88 Å². The number of rotatable bonds is 7. The number of anilines is 1. The highest BCUT2D eigenvalue weighted by molar-refractivity contribution is 5.38. The lowest BCUT2D eigenvalue weighted by molar-refractivity contribution is 0.121. The molecule has 0 spiro atoms. The van der Waals surface area contributed by atoms with Gasteiger partial charge in [-0.1, -0.05) is 6.42 Å². The highest BCUT2D eigenvalue weighted by atomic mass is 16.5. The molecule has 1 aromatic rings. The predicted octanol–water partition coefficient (Wildman–Crippen LogP) is 1.92. The van der Waals surface area contributed by atoms with Gasteiger partial charge in [-0.05, 0) is 33.4 Å². The lowest BCUT2D eigenvalue weighted by Crippen LogP contribution is -2.40. The Morgan fingerprint density at radius 1 is 1.38 bits per heavy atom. The molecule has 118 valence electrons. The third-order valence-electron chi connectivity index (χ3n) is 3.73. The Balaban J connectivity index is 2.00. The molecule has 0 aromatic carbocycles. The van der Waals surface area contributed by atoms with Gasteiger partial charge in [-0.15, -0.1) is 0 Å². The van der Waals surface area contributed by atoms with Crippen LogP contribution in [0.2, 0.25) is 0 Å². The number of likely N-dealkylation sites (N-methyl/N-ethyl adjacent to an activating group) is 1. The number of hydrogen-bond acceptors (Lipinski definition) is 6. The summed E-state index contributed by atoms with van der Waals surface area (Å²) in [6.07, 6.45) is 3.75. The number of nitrogens with one attached hydrogen (secondary N) is 1. The average Bonchev–Trinajstić information content (AvgIpc) is 2.47. The minimum Gasteiger partial charge on any atom is -0.476 e. The minimum atomic E-state index is 0.388. The molecule has 1 N–H and O–H groups in total. The van der Waals surface area contributed by atoms with Crippen LogP contribution in [0.3, 0.4) is 0 Å². The van der Waals surface area contributed by atoms with Crippen molar-refractivity contribution in [2.75, 3.05) is 39.2 Å². The van der Waals surface area contributed by atoms with Gasteiger partial charge in [-0.3, -0.25) is 0 Å². The summed E-state index contributed by atoms with van der Waals surface area (Å²) in [5.41, 5.74) is 0. The fourth-order valence-corrected chi connectivity index (χ4v) is 2.55. The number of hydrogen-bond donors (Lipinski definition) is 1.